The standard InChI is InChI=1S/C30H27ClN4O4S/c1-3-38-29(36)24-23(19-11-14-21(22(15-19)37-2)39-16-17-9-12-20(31)13-10-17)25-27(32)34-30(40)35-28(25)33-26(24)18-7-5-4-6-8-18/h4-15,23H,3,16H2,1-2H3,(H4,32,33,34,35,40). The van der Waals surface area contributed by atoms with Gasteiger partial charge in [-0.25, -0.2) is 9.78 Å². The fraction of sp³-hybridized carbons (Fsp3) is 0.167. The van der Waals surface area contributed by atoms with E-state index in [1.165, 1.54) is 0 Å². The lowest BCUT2D eigenvalue weighted by atomic mass is 9.80. The van der Waals surface area contributed by atoms with E-state index in [2.05, 4.69) is 15.3 Å². The van der Waals surface area contributed by atoms with E-state index in [0.29, 0.717) is 51.6 Å². The summed E-state index contributed by atoms with van der Waals surface area (Å²) in [7, 11) is 1.56. The molecule has 0 saturated heterocycles. The number of anilines is 2. The summed E-state index contributed by atoms with van der Waals surface area (Å²) in [5.41, 5.74) is 10.5. The van der Waals surface area contributed by atoms with Gasteiger partial charge in [-0.05, 0) is 60.1 Å². The Bertz CT molecular complexity index is 1640. The molecule has 5 rings (SSSR count). The molecular weight excluding hydrogens is 548 g/mol. The highest BCUT2D eigenvalue weighted by Gasteiger charge is 2.38. The Morgan fingerprint density at radius 2 is 1.82 bits per heavy atom. The van der Waals surface area contributed by atoms with Gasteiger partial charge in [0.2, 0.25) is 0 Å². The number of esters is 1. The molecule has 1 atom stereocenters. The zero-order valence-corrected chi connectivity index (χ0v) is 23.4. The lowest BCUT2D eigenvalue weighted by Crippen LogP contribution is -2.27. The molecule has 4 N–H and O–H groups in total. The van der Waals surface area contributed by atoms with Crippen LogP contribution in [-0.2, 0) is 16.1 Å². The van der Waals surface area contributed by atoms with Gasteiger partial charge in [-0.15, -0.1) is 0 Å². The summed E-state index contributed by atoms with van der Waals surface area (Å²) < 4.78 is 17.5. The number of nitrogens with zero attached hydrogens (tertiary/aromatic N) is 1. The van der Waals surface area contributed by atoms with Crippen molar-refractivity contribution in [3.05, 3.63) is 110 Å². The van der Waals surface area contributed by atoms with Crippen LogP contribution in [0.25, 0.3) is 5.70 Å². The minimum absolute atomic E-state index is 0.204. The summed E-state index contributed by atoms with van der Waals surface area (Å²) in [4.78, 5) is 21.0. The zero-order valence-electron chi connectivity index (χ0n) is 21.9. The first-order valence-corrected chi connectivity index (χ1v) is 13.4. The Kier molecular flexibility index (Phi) is 8.04. The molecule has 10 heteroatoms. The smallest absolute Gasteiger partial charge is 0.337 e. The van der Waals surface area contributed by atoms with E-state index in [-0.39, 0.29) is 11.4 Å². The number of halogens is 1. The van der Waals surface area contributed by atoms with Gasteiger partial charge in [0.25, 0.3) is 0 Å². The SMILES string of the molecule is CCOC(=O)C1=C(c2ccccc2)Nc2nc(=S)[nH]c(N)c2C1c1ccc(OCc2ccc(Cl)cc2)c(OC)c1. The summed E-state index contributed by atoms with van der Waals surface area (Å²) in [6.45, 7) is 2.29. The molecule has 1 aliphatic heterocycles. The number of carbonyl (C=O) groups is 1. The van der Waals surface area contributed by atoms with Crippen molar-refractivity contribution in [2.24, 2.45) is 0 Å². The Morgan fingerprint density at radius 1 is 1.07 bits per heavy atom. The number of hydrogen-bond acceptors (Lipinski definition) is 8. The lowest BCUT2D eigenvalue weighted by molar-refractivity contribution is -0.138. The number of aromatic nitrogens is 2. The second-order valence-corrected chi connectivity index (χ2v) is 9.80. The monoisotopic (exact) mass is 574 g/mol. The van der Waals surface area contributed by atoms with Crippen molar-refractivity contribution in [3.63, 3.8) is 0 Å². The van der Waals surface area contributed by atoms with Crippen LogP contribution in [0.2, 0.25) is 5.02 Å². The molecular formula is C30H27ClN4O4S. The molecule has 0 spiro atoms. The van der Waals surface area contributed by atoms with Crippen LogP contribution in [0.3, 0.4) is 0 Å². The van der Waals surface area contributed by atoms with Crippen LogP contribution >= 0.6 is 23.8 Å². The highest BCUT2D eigenvalue weighted by Crippen LogP contribution is 2.47. The van der Waals surface area contributed by atoms with Gasteiger partial charge in [0.05, 0.1) is 30.9 Å². The number of ether oxygens (including phenoxy) is 3. The second kappa shape index (κ2) is 11.8. The molecule has 1 unspecified atom stereocenters. The highest BCUT2D eigenvalue weighted by molar-refractivity contribution is 7.71. The summed E-state index contributed by atoms with van der Waals surface area (Å²) >= 11 is 11.3. The molecule has 0 fully saturated rings. The maximum absolute atomic E-state index is 13.6. The summed E-state index contributed by atoms with van der Waals surface area (Å²) in [6.07, 6.45) is 0. The lowest BCUT2D eigenvalue weighted by Gasteiger charge is -2.31. The molecule has 3 aromatic carbocycles. The largest absolute Gasteiger partial charge is 0.493 e. The number of benzene rings is 3. The number of methoxy groups -OCH3 is 1. The fourth-order valence-electron chi connectivity index (χ4n) is 4.68. The Hall–Kier alpha value is -4.34. The zero-order chi connectivity index (χ0) is 28.2. The average Bonchev–Trinajstić information content (AvgIpc) is 2.96. The predicted molar refractivity (Wildman–Crippen MR) is 158 cm³/mol. The molecule has 2 heterocycles. The van der Waals surface area contributed by atoms with Crippen molar-refractivity contribution in [2.75, 3.05) is 24.8 Å². The van der Waals surface area contributed by atoms with Crippen LogP contribution in [0.5, 0.6) is 11.5 Å². The first-order valence-electron chi connectivity index (χ1n) is 12.6. The maximum atomic E-state index is 13.6. The maximum Gasteiger partial charge on any atom is 0.337 e. The molecule has 0 bridgehead atoms. The van der Waals surface area contributed by atoms with E-state index < -0.39 is 11.9 Å². The van der Waals surface area contributed by atoms with Crippen LogP contribution in [0.15, 0.2) is 78.4 Å². The molecule has 0 aliphatic carbocycles. The Morgan fingerprint density at radius 3 is 2.52 bits per heavy atom. The number of rotatable bonds is 8. The number of carbonyl (C=O) groups excluding carboxylic acids is 1. The van der Waals surface area contributed by atoms with Crippen molar-refractivity contribution in [1.29, 1.82) is 0 Å². The predicted octanol–water partition coefficient (Wildman–Crippen LogP) is 6.49. The number of nitrogens with two attached hydrogens (primary N) is 1. The van der Waals surface area contributed by atoms with Crippen LogP contribution in [0.1, 0.15) is 35.1 Å². The van der Waals surface area contributed by atoms with Gasteiger partial charge < -0.3 is 30.2 Å². The molecule has 0 saturated carbocycles. The van der Waals surface area contributed by atoms with E-state index in [1.807, 2.05) is 72.8 Å². The Balaban J connectivity index is 1.65. The molecule has 204 valence electrons. The number of fused-ring (bicyclic) bond motifs is 1. The van der Waals surface area contributed by atoms with Gasteiger partial charge in [-0.3, -0.25) is 0 Å². The van der Waals surface area contributed by atoms with E-state index in [4.69, 9.17) is 43.8 Å². The summed E-state index contributed by atoms with van der Waals surface area (Å²) in [6, 6.07) is 22.5. The highest BCUT2D eigenvalue weighted by atomic mass is 35.5. The van der Waals surface area contributed by atoms with Gasteiger partial charge in [-0.2, -0.15) is 0 Å². The Labute approximate surface area is 241 Å². The molecule has 4 aromatic rings. The van der Waals surface area contributed by atoms with Gasteiger partial charge >= 0.3 is 5.97 Å². The van der Waals surface area contributed by atoms with E-state index >= 15 is 0 Å². The van der Waals surface area contributed by atoms with Gasteiger partial charge in [-0.1, -0.05) is 60.1 Å². The minimum Gasteiger partial charge on any atom is -0.493 e. The second-order valence-electron chi connectivity index (χ2n) is 8.98. The van der Waals surface area contributed by atoms with Crippen molar-refractivity contribution < 1.29 is 19.0 Å². The van der Waals surface area contributed by atoms with E-state index in [9.17, 15) is 4.79 Å². The van der Waals surface area contributed by atoms with Crippen molar-refractivity contribution in [2.45, 2.75) is 19.4 Å². The third-order valence-corrected chi connectivity index (χ3v) is 6.92. The number of nitrogen functional groups attached to an aromatic ring is 1. The average molecular weight is 575 g/mol. The van der Waals surface area contributed by atoms with Crippen molar-refractivity contribution >= 4 is 47.1 Å². The number of hydrogen-bond donors (Lipinski definition) is 3. The molecule has 0 amide bonds. The third kappa shape index (κ3) is 5.52. The molecule has 1 aliphatic rings. The van der Waals surface area contributed by atoms with E-state index in [1.54, 1.807) is 14.0 Å². The number of aromatic amines is 1. The summed E-state index contributed by atoms with van der Waals surface area (Å²) in [5.74, 6) is 0.659. The normalized spacial score (nSPS) is 14.2. The first kappa shape index (κ1) is 27.2. The van der Waals surface area contributed by atoms with Crippen LogP contribution in [0, 0.1) is 4.77 Å². The topological polar surface area (TPSA) is 111 Å². The molecule has 40 heavy (non-hydrogen) atoms. The fourth-order valence-corrected chi connectivity index (χ4v) is 5.01. The summed E-state index contributed by atoms with van der Waals surface area (Å²) in [5, 5.41) is 3.96. The van der Waals surface area contributed by atoms with Crippen LogP contribution in [0.4, 0.5) is 11.6 Å². The van der Waals surface area contributed by atoms with Crippen LogP contribution < -0.4 is 20.5 Å². The van der Waals surface area contributed by atoms with Gasteiger partial charge in [0.15, 0.2) is 16.3 Å². The molecule has 0 radical (unpaired) electrons. The minimum atomic E-state index is -0.649. The molecule has 8 nitrogen and oxygen atoms in total. The van der Waals surface area contributed by atoms with E-state index in [0.717, 1.165) is 16.7 Å². The molecule has 1 aromatic heterocycles. The third-order valence-electron chi connectivity index (χ3n) is 6.48. The van der Waals surface area contributed by atoms with Crippen molar-refractivity contribution in [3.8, 4) is 11.5 Å². The van der Waals surface area contributed by atoms with Gasteiger partial charge in [0, 0.05) is 10.6 Å². The quantitative estimate of drug-likeness (QED) is 0.162. The van der Waals surface area contributed by atoms with Crippen LogP contribution in [-0.4, -0.2) is 29.7 Å². The van der Waals surface area contributed by atoms with Crippen molar-refractivity contribution in [1.82, 2.24) is 9.97 Å². The first-order chi connectivity index (χ1) is 19.4. The number of nitrogens with one attached hydrogen (secondary N) is 2. The number of H-pyrrole nitrogens is 1. The van der Waals surface area contributed by atoms with Gasteiger partial charge in [0.1, 0.15) is 18.2 Å².